The third-order valence-corrected chi connectivity index (χ3v) is 6.41. The van der Waals surface area contributed by atoms with Gasteiger partial charge in [-0.05, 0) is 67.5 Å². The molecule has 164 valence electrons. The number of ether oxygens (including phenoxy) is 1. The summed E-state index contributed by atoms with van der Waals surface area (Å²) in [6.45, 7) is 0. The number of nitrogens with zero attached hydrogens (tertiary/aromatic N) is 1. The molecule has 1 aromatic heterocycles. The standard InChI is InChI=1S/C24H20F3N3O2/c25-24(26,27)16-3-1-14(2-4-16)15-9-18(10-15)32-17-5-6-20-19(11-17)21(12-29-20)30-22(31)23(13-28)7-8-23/h1-6,11-12,15,18,29H,7-10H2,(H,30,31). The van der Waals surface area contributed by atoms with E-state index in [4.69, 9.17) is 4.74 Å². The third kappa shape index (κ3) is 3.68. The van der Waals surface area contributed by atoms with Crippen LogP contribution in [-0.4, -0.2) is 17.0 Å². The van der Waals surface area contributed by atoms with E-state index in [9.17, 15) is 23.2 Å². The number of rotatable bonds is 5. The number of carbonyl (C=O) groups is 1. The summed E-state index contributed by atoms with van der Waals surface area (Å²) < 4.78 is 44.2. The fourth-order valence-corrected chi connectivity index (χ4v) is 4.10. The molecule has 0 spiro atoms. The molecule has 2 saturated carbocycles. The van der Waals surface area contributed by atoms with Crippen LogP contribution in [0.4, 0.5) is 18.9 Å². The lowest BCUT2D eigenvalue weighted by Gasteiger charge is -2.35. The van der Waals surface area contributed by atoms with Gasteiger partial charge >= 0.3 is 6.18 Å². The first-order valence-corrected chi connectivity index (χ1v) is 10.5. The third-order valence-electron chi connectivity index (χ3n) is 6.41. The van der Waals surface area contributed by atoms with Crippen molar-refractivity contribution in [1.82, 2.24) is 4.98 Å². The maximum absolute atomic E-state index is 12.7. The number of hydrogen-bond acceptors (Lipinski definition) is 3. The molecule has 3 aromatic rings. The van der Waals surface area contributed by atoms with Gasteiger partial charge in [0, 0.05) is 17.1 Å². The van der Waals surface area contributed by atoms with E-state index in [1.165, 1.54) is 0 Å². The summed E-state index contributed by atoms with van der Waals surface area (Å²) in [4.78, 5) is 15.5. The van der Waals surface area contributed by atoms with Gasteiger partial charge in [-0.15, -0.1) is 0 Å². The predicted molar refractivity (Wildman–Crippen MR) is 112 cm³/mol. The first-order valence-electron chi connectivity index (χ1n) is 10.5. The SMILES string of the molecule is N#CC1(C(=O)Nc2c[nH]c3ccc(OC4CC(c5ccc(C(F)(F)F)cc5)C4)cc23)CC1. The Morgan fingerprint density at radius 2 is 1.88 bits per heavy atom. The molecule has 1 amide bonds. The van der Waals surface area contributed by atoms with E-state index in [0.717, 1.165) is 41.4 Å². The zero-order valence-electron chi connectivity index (χ0n) is 17.0. The Bertz CT molecular complexity index is 1210. The molecule has 2 aliphatic carbocycles. The van der Waals surface area contributed by atoms with Gasteiger partial charge in [0.1, 0.15) is 11.2 Å². The van der Waals surface area contributed by atoms with Crippen molar-refractivity contribution in [3.63, 3.8) is 0 Å². The van der Waals surface area contributed by atoms with Crippen LogP contribution in [0.1, 0.15) is 42.7 Å². The Balaban J connectivity index is 1.23. The maximum atomic E-state index is 12.7. The smallest absolute Gasteiger partial charge is 0.416 e. The van der Waals surface area contributed by atoms with Gasteiger partial charge in [0.2, 0.25) is 5.91 Å². The lowest BCUT2D eigenvalue weighted by Crippen LogP contribution is -2.32. The molecule has 2 aromatic carbocycles. The second-order valence-electron chi connectivity index (χ2n) is 8.59. The maximum Gasteiger partial charge on any atom is 0.416 e. The lowest BCUT2D eigenvalue weighted by atomic mass is 9.77. The zero-order valence-corrected chi connectivity index (χ0v) is 17.0. The van der Waals surface area contributed by atoms with Crippen LogP contribution in [0, 0.1) is 16.7 Å². The number of aromatic nitrogens is 1. The number of hydrogen-bond donors (Lipinski definition) is 2. The van der Waals surface area contributed by atoms with E-state index in [2.05, 4.69) is 16.4 Å². The summed E-state index contributed by atoms with van der Waals surface area (Å²) in [5.41, 5.74) is 0.782. The molecule has 0 unspecified atom stereocenters. The van der Waals surface area contributed by atoms with Crippen LogP contribution in [0.3, 0.4) is 0 Å². The van der Waals surface area contributed by atoms with Gasteiger partial charge in [0.25, 0.3) is 0 Å². The van der Waals surface area contributed by atoms with Crippen LogP contribution in [-0.2, 0) is 11.0 Å². The molecule has 0 radical (unpaired) electrons. The van der Waals surface area contributed by atoms with Crippen LogP contribution in [0.5, 0.6) is 5.75 Å². The first-order chi connectivity index (χ1) is 15.3. The highest BCUT2D eigenvalue weighted by molar-refractivity contribution is 6.05. The number of nitriles is 1. The fourth-order valence-electron chi connectivity index (χ4n) is 4.10. The molecule has 0 bridgehead atoms. The molecule has 0 atom stereocenters. The van der Waals surface area contributed by atoms with Crippen molar-refractivity contribution < 1.29 is 22.7 Å². The minimum atomic E-state index is -4.33. The number of benzene rings is 2. The highest BCUT2D eigenvalue weighted by atomic mass is 19.4. The Labute approximate surface area is 182 Å². The van der Waals surface area contributed by atoms with Crippen molar-refractivity contribution in [1.29, 1.82) is 5.26 Å². The summed E-state index contributed by atoms with van der Waals surface area (Å²) in [7, 11) is 0. The average molecular weight is 439 g/mol. The molecule has 2 N–H and O–H groups in total. The van der Waals surface area contributed by atoms with Crippen molar-refractivity contribution in [3.05, 3.63) is 59.8 Å². The molecular weight excluding hydrogens is 419 g/mol. The molecule has 2 fully saturated rings. The van der Waals surface area contributed by atoms with Crippen LogP contribution < -0.4 is 10.1 Å². The van der Waals surface area contributed by atoms with E-state index in [1.807, 2.05) is 18.2 Å². The molecular formula is C24H20F3N3O2. The van der Waals surface area contributed by atoms with Gasteiger partial charge in [0.05, 0.1) is 23.4 Å². The number of anilines is 1. The highest BCUT2D eigenvalue weighted by Gasteiger charge is 2.50. The Morgan fingerprint density at radius 1 is 1.16 bits per heavy atom. The van der Waals surface area contributed by atoms with E-state index in [0.29, 0.717) is 24.3 Å². The average Bonchev–Trinajstić information content (AvgIpc) is 3.46. The van der Waals surface area contributed by atoms with E-state index in [-0.39, 0.29) is 17.9 Å². The summed E-state index contributed by atoms with van der Waals surface area (Å²) in [5.74, 6) is 0.546. The number of nitrogens with one attached hydrogen (secondary N) is 2. The largest absolute Gasteiger partial charge is 0.490 e. The molecule has 0 saturated heterocycles. The van der Waals surface area contributed by atoms with Gasteiger partial charge in [-0.1, -0.05) is 12.1 Å². The molecule has 2 aliphatic rings. The van der Waals surface area contributed by atoms with Gasteiger partial charge in [-0.25, -0.2) is 0 Å². The number of aromatic amines is 1. The second-order valence-corrected chi connectivity index (χ2v) is 8.59. The first kappa shape index (κ1) is 20.4. The number of fused-ring (bicyclic) bond motifs is 1. The molecule has 32 heavy (non-hydrogen) atoms. The normalized spacial score (nSPS) is 21.4. The van der Waals surface area contributed by atoms with Crippen molar-refractivity contribution in [2.45, 2.75) is 43.9 Å². The van der Waals surface area contributed by atoms with E-state index < -0.39 is 17.2 Å². The van der Waals surface area contributed by atoms with Crippen LogP contribution >= 0.6 is 0 Å². The van der Waals surface area contributed by atoms with Gasteiger partial charge in [-0.2, -0.15) is 18.4 Å². The topological polar surface area (TPSA) is 77.9 Å². The zero-order chi connectivity index (χ0) is 22.5. The number of amides is 1. The van der Waals surface area contributed by atoms with E-state index in [1.54, 1.807) is 18.3 Å². The molecule has 0 aliphatic heterocycles. The van der Waals surface area contributed by atoms with Crippen LogP contribution in [0.2, 0.25) is 0 Å². The molecule has 1 heterocycles. The summed E-state index contributed by atoms with van der Waals surface area (Å²) >= 11 is 0. The molecule has 8 heteroatoms. The Kier molecular flexibility index (Phi) is 4.66. The molecule has 5 rings (SSSR count). The summed E-state index contributed by atoms with van der Waals surface area (Å²) in [5, 5.41) is 12.8. The van der Waals surface area contributed by atoms with Crippen molar-refractivity contribution >= 4 is 22.5 Å². The van der Waals surface area contributed by atoms with Crippen LogP contribution in [0.15, 0.2) is 48.7 Å². The van der Waals surface area contributed by atoms with Gasteiger partial charge in [0.15, 0.2) is 0 Å². The predicted octanol–water partition coefficient (Wildman–Crippen LogP) is 5.75. The monoisotopic (exact) mass is 439 g/mol. The summed E-state index contributed by atoms with van der Waals surface area (Å²) in [6.07, 6.45) is -0.0430. The number of H-pyrrole nitrogens is 1. The number of alkyl halides is 3. The number of halogens is 3. The second kappa shape index (κ2) is 7.30. The Hall–Kier alpha value is -3.47. The van der Waals surface area contributed by atoms with Crippen molar-refractivity contribution in [2.75, 3.05) is 5.32 Å². The highest BCUT2D eigenvalue weighted by Crippen LogP contribution is 2.46. The van der Waals surface area contributed by atoms with Crippen molar-refractivity contribution in [2.24, 2.45) is 5.41 Å². The number of carbonyl (C=O) groups excluding carboxylic acids is 1. The summed E-state index contributed by atoms with van der Waals surface area (Å²) in [6, 6.07) is 13.0. The minimum Gasteiger partial charge on any atom is -0.490 e. The van der Waals surface area contributed by atoms with Gasteiger partial charge < -0.3 is 15.0 Å². The fraction of sp³-hybridized carbons (Fsp3) is 0.333. The van der Waals surface area contributed by atoms with E-state index >= 15 is 0 Å². The van der Waals surface area contributed by atoms with Gasteiger partial charge in [-0.3, -0.25) is 4.79 Å². The quantitative estimate of drug-likeness (QED) is 0.531. The van der Waals surface area contributed by atoms with Crippen molar-refractivity contribution in [3.8, 4) is 11.8 Å². The lowest BCUT2D eigenvalue weighted by molar-refractivity contribution is -0.137. The minimum absolute atomic E-state index is 0.0231. The Morgan fingerprint density at radius 3 is 2.50 bits per heavy atom. The molecule has 5 nitrogen and oxygen atoms in total. The van der Waals surface area contributed by atoms with Crippen LogP contribution in [0.25, 0.3) is 10.9 Å².